The van der Waals surface area contributed by atoms with Gasteiger partial charge in [0.25, 0.3) is 5.91 Å². The molecular formula is C12H18N2O2. The van der Waals surface area contributed by atoms with E-state index in [-0.39, 0.29) is 18.0 Å². The van der Waals surface area contributed by atoms with Crippen LogP contribution in [0.3, 0.4) is 0 Å². The largest absolute Gasteiger partial charge is 0.459 e. The second-order valence-corrected chi connectivity index (χ2v) is 4.43. The molecule has 2 heterocycles. The lowest BCUT2D eigenvalue weighted by Crippen LogP contribution is -2.45. The van der Waals surface area contributed by atoms with Crippen LogP contribution in [0.25, 0.3) is 0 Å². The van der Waals surface area contributed by atoms with Gasteiger partial charge in [0.15, 0.2) is 5.76 Å². The minimum atomic E-state index is -0.00583. The summed E-state index contributed by atoms with van der Waals surface area (Å²) >= 11 is 0. The van der Waals surface area contributed by atoms with Crippen LogP contribution in [0.5, 0.6) is 0 Å². The number of nitrogens with zero attached hydrogens (tertiary/aromatic N) is 1. The average molecular weight is 222 g/mol. The van der Waals surface area contributed by atoms with Gasteiger partial charge >= 0.3 is 0 Å². The van der Waals surface area contributed by atoms with Crippen molar-refractivity contribution in [2.45, 2.75) is 32.4 Å². The van der Waals surface area contributed by atoms with Crippen LogP contribution in [0.1, 0.15) is 30.8 Å². The zero-order chi connectivity index (χ0) is 11.5. The Hall–Kier alpha value is -1.29. The van der Waals surface area contributed by atoms with E-state index in [0.29, 0.717) is 5.76 Å². The molecule has 1 N–H and O–H groups in total. The monoisotopic (exact) mass is 222 g/mol. The molecule has 4 heteroatoms. The number of hydrogen-bond donors (Lipinski definition) is 1. The molecule has 0 bridgehead atoms. The maximum Gasteiger partial charge on any atom is 0.290 e. The van der Waals surface area contributed by atoms with Crippen LogP contribution in [-0.2, 0) is 0 Å². The van der Waals surface area contributed by atoms with Gasteiger partial charge in [0.05, 0.1) is 6.26 Å². The number of rotatable bonds is 3. The summed E-state index contributed by atoms with van der Waals surface area (Å²) in [4.78, 5) is 14.2. The molecule has 88 valence electrons. The number of hydrogen-bond acceptors (Lipinski definition) is 3. The standard InChI is InChI=1S/C12H18N2O2/c1-9(2)14(10-5-6-13-8-10)12(15)11-4-3-7-16-11/h3-4,7,9-10,13H,5-6,8H2,1-2H3. The van der Waals surface area contributed by atoms with E-state index in [0.717, 1.165) is 19.5 Å². The molecule has 1 saturated heterocycles. The lowest BCUT2D eigenvalue weighted by Gasteiger charge is -2.31. The lowest BCUT2D eigenvalue weighted by molar-refractivity contribution is 0.0593. The van der Waals surface area contributed by atoms with Gasteiger partial charge in [0.1, 0.15) is 0 Å². The molecule has 2 rings (SSSR count). The molecule has 0 radical (unpaired) electrons. The smallest absolute Gasteiger partial charge is 0.290 e. The molecule has 0 saturated carbocycles. The van der Waals surface area contributed by atoms with Crippen molar-refractivity contribution < 1.29 is 9.21 Å². The molecule has 1 aliphatic heterocycles. The van der Waals surface area contributed by atoms with E-state index in [1.165, 1.54) is 0 Å². The number of furan rings is 1. The van der Waals surface area contributed by atoms with Crippen molar-refractivity contribution in [3.63, 3.8) is 0 Å². The summed E-state index contributed by atoms with van der Waals surface area (Å²) in [5.74, 6) is 0.425. The highest BCUT2D eigenvalue weighted by Gasteiger charge is 2.30. The molecule has 1 aliphatic rings. The highest BCUT2D eigenvalue weighted by atomic mass is 16.3. The fraction of sp³-hybridized carbons (Fsp3) is 0.583. The van der Waals surface area contributed by atoms with E-state index >= 15 is 0 Å². The first-order valence-electron chi connectivity index (χ1n) is 5.77. The Morgan fingerprint density at radius 2 is 2.44 bits per heavy atom. The van der Waals surface area contributed by atoms with Crippen molar-refractivity contribution in [3.8, 4) is 0 Å². The van der Waals surface area contributed by atoms with Gasteiger partial charge in [-0.15, -0.1) is 0 Å². The Bertz CT molecular complexity index is 340. The molecule has 1 atom stereocenters. The minimum Gasteiger partial charge on any atom is -0.459 e. The zero-order valence-corrected chi connectivity index (χ0v) is 9.77. The molecule has 0 spiro atoms. The summed E-state index contributed by atoms with van der Waals surface area (Å²) in [6, 6.07) is 3.96. The molecule has 0 aromatic carbocycles. The number of carbonyl (C=O) groups is 1. The van der Waals surface area contributed by atoms with Crippen LogP contribution < -0.4 is 5.32 Å². The molecule has 1 fully saturated rings. The summed E-state index contributed by atoms with van der Waals surface area (Å²) in [6.07, 6.45) is 2.56. The Morgan fingerprint density at radius 3 is 2.94 bits per heavy atom. The summed E-state index contributed by atoms with van der Waals surface area (Å²) < 4.78 is 5.17. The molecular weight excluding hydrogens is 204 g/mol. The Labute approximate surface area is 95.6 Å². The minimum absolute atomic E-state index is 0.00583. The topological polar surface area (TPSA) is 45.5 Å². The van der Waals surface area contributed by atoms with Crippen LogP contribution in [0.2, 0.25) is 0 Å². The third-order valence-corrected chi connectivity index (χ3v) is 2.95. The number of nitrogens with one attached hydrogen (secondary N) is 1. The Morgan fingerprint density at radius 1 is 1.62 bits per heavy atom. The summed E-state index contributed by atoms with van der Waals surface area (Å²) in [5, 5.41) is 3.28. The molecule has 1 amide bonds. The van der Waals surface area contributed by atoms with Crippen molar-refractivity contribution in [1.82, 2.24) is 10.2 Å². The van der Waals surface area contributed by atoms with Gasteiger partial charge in [-0.3, -0.25) is 4.79 Å². The van der Waals surface area contributed by atoms with Crippen molar-refractivity contribution >= 4 is 5.91 Å². The van der Waals surface area contributed by atoms with Gasteiger partial charge in [-0.25, -0.2) is 0 Å². The van der Waals surface area contributed by atoms with Crippen LogP contribution in [-0.4, -0.2) is 36.0 Å². The van der Waals surface area contributed by atoms with Crippen molar-refractivity contribution in [1.29, 1.82) is 0 Å². The highest BCUT2D eigenvalue weighted by molar-refractivity contribution is 5.91. The fourth-order valence-electron chi connectivity index (χ4n) is 2.23. The van der Waals surface area contributed by atoms with Gasteiger partial charge in [0.2, 0.25) is 0 Å². The summed E-state index contributed by atoms with van der Waals surface area (Å²) in [6.45, 7) is 5.95. The first kappa shape index (κ1) is 11.2. The van der Waals surface area contributed by atoms with Crippen LogP contribution >= 0.6 is 0 Å². The fourth-order valence-corrected chi connectivity index (χ4v) is 2.23. The van der Waals surface area contributed by atoms with Gasteiger partial charge in [-0.1, -0.05) is 0 Å². The average Bonchev–Trinajstić information content (AvgIpc) is 2.89. The van der Waals surface area contributed by atoms with Gasteiger partial charge in [0, 0.05) is 18.6 Å². The molecule has 1 aromatic rings. The van der Waals surface area contributed by atoms with E-state index < -0.39 is 0 Å². The van der Waals surface area contributed by atoms with E-state index in [4.69, 9.17) is 4.42 Å². The van der Waals surface area contributed by atoms with Crippen molar-refractivity contribution in [2.24, 2.45) is 0 Å². The number of amides is 1. The SMILES string of the molecule is CC(C)N(C(=O)c1ccco1)C1CCNC1. The molecule has 1 unspecified atom stereocenters. The Kier molecular flexibility index (Phi) is 3.29. The summed E-state index contributed by atoms with van der Waals surface area (Å²) in [7, 11) is 0. The maximum absolute atomic E-state index is 12.2. The van der Waals surface area contributed by atoms with Gasteiger partial charge in [-0.2, -0.15) is 0 Å². The van der Waals surface area contributed by atoms with E-state index in [2.05, 4.69) is 5.32 Å². The number of carbonyl (C=O) groups excluding carboxylic acids is 1. The first-order chi connectivity index (χ1) is 7.70. The van der Waals surface area contributed by atoms with Crippen molar-refractivity contribution in [3.05, 3.63) is 24.2 Å². The van der Waals surface area contributed by atoms with E-state index in [1.54, 1.807) is 18.4 Å². The predicted octanol–water partition coefficient (Wildman–Crippen LogP) is 1.49. The van der Waals surface area contributed by atoms with Gasteiger partial charge in [-0.05, 0) is 38.9 Å². The van der Waals surface area contributed by atoms with Crippen LogP contribution in [0, 0.1) is 0 Å². The quantitative estimate of drug-likeness (QED) is 0.842. The molecule has 1 aromatic heterocycles. The maximum atomic E-state index is 12.2. The lowest BCUT2D eigenvalue weighted by atomic mass is 10.1. The van der Waals surface area contributed by atoms with Crippen molar-refractivity contribution in [2.75, 3.05) is 13.1 Å². The second kappa shape index (κ2) is 4.70. The third kappa shape index (κ3) is 2.11. The van der Waals surface area contributed by atoms with Crippen LogP contribution in [0.15, 0.2) is 22.8 Å². The van der Waals surface area contributed by atoms with Gasteiger partial charge < -0.3 is 14.6 Å². The third-order valence-electron chi connectivity index (χ3n) is 2.95. The zero-order valence-electron chi connectivity index (χ0n) is 9.77. The second-order valence-electron chi connectivity index (χ2n) is 4.43. The van der Waals surface area contributed by atoms with E-state index in [1.807, 2.05) is 18.7 Å². The summed E-state index contributed by atoms with van der Waals surface area (Å²) in [5.41, 5.74) is 0. The first-order valence-corrected chi connectivity index (χ1v) is 5.77. The van der Waals surface area contributed by atoms with E-state index in [9.17, 15) is 4.79 Å². The molecule has 0 aliphatic carbocycles. The highest BCUT2D eigenvalue weighted by Crippen LogP contribution is 2.16. The molecule has 16 heavy (non-hydrogen) atoms. The predicted molar refractivity (Wildman–Crippen MR) is 61.3 cm³/mol. The van der Waals surface area contributed by atoms with Crippen LogP contribution in [0.4, 0.5) is 0 Å². The Balaban J connectivity index is 2.16. The normalized spacial score (nSPS) is 20.3. The molecule has 4 nitrogen and oxygen atoms in total.